The highest BCUT2D eigenvalue weighted by atomic mass is 16.5. The van der Waals surface area contributed by atoms with Crippen molar-refractivity contribution in [2.45, 2.75) is 31.5 Å². The standard InChI is InChI=1S/C15H22N2O/c1-13-10-18-15(11-16-13)7-8-17(12-15)9-14-5-3-2-4-6-14/h2-6,13,16H,7-12H2,1H3. The summed E-state index contributed by atoms with van der Waals surface area (Å²) in [6.45, 7) is 7.27. The van der Waals surface area contributed by atoms with Crippen molar-refractivity contribution in [3.63, 3.8) is 0 Å². The van der Waals surface area contributed by atoms with Crippen LogP contribution in [-0.4, -0.2) is 42.8 Å². The zero-order valence-electron chi connectivity index (χ0n) is 11.1. The summed E-state index contributed by atoms with van der Waals surface area (Å²) in [5.74, 6) is 0. The Kier molecular flexibility index (Phi) is 3.37. The van der Waals surface area contributed by atoms with E-state index in [1.807, 2.05) is 0 Å². The maximum Gasteiger partial charge on any atom is 0.0945 e. The summed E-state index contributed by atoms with van der Waals surface area (Å²) in [5, 5.41) is 3.55. The quantitative estimate of drug-likeness (QED) is 0.858. The van der Waals surface area contributed by atoms with Gasteiger partial charge in [0.2, 0.25) is 0 Å². The summed E-state index contributed by atoms with van der Waals surface area (Å²) in [6.07, 6.45) is 1.15. The number of hydrogen-bond acceptors (Lipinski definition) is 3. The second kappa shape index (κ2) is 5.00. The summed E-state index contributed by atoms with van der Waals surface area (Å²) in [6, 6.07) is 11.2. The van der Waals surface area contributed by atoms with Crippen molar-refractivity contribution < 1.29 is 4.74 Å². The first-order valence-electron chi connectivity index (χ1n) is 6.89. The van der Waals surface area contributed by atoms with Gasteiger partial charge in [0.05, 0.1) is 12.2 Å². The van der Waals surface area contributed by atoms with Gasteiger partial charge in [-0.15, -0.1) is 0 Å². The zero-order chi connectivity index (χ0) is 12.4. The molecule has 1 spiro atoms. The molecular weight excluding hydrogens is 224 g/mol. The summed E-state index contributed by atoms with van der Waals surface area (Å²) in [7, 11) is 0. The maximum atomic E-state index is 6.10. The highest BCUT2D eigenvalue weighted by Crippen LogP contribution is 2.28. The van der Waals surface area contributed by atoms with Crippen LogP contribution in [0.15, 0.2) is 30.3 Å². The molecule has 0 radical (unpaired) electrons. The number of rotatable bonds is 2. The lowest BCUT2D eigenvalue weighted by molar-refractivity contribution is -0.0724. The van der Waals surface area contributed by atoms with Crippen LogP contribution in [0.2, 0.25) is 0 Å². The van der Waals surface area contributed by atoms with Gasteiger partial charge in [-0.1, -0.05) is 30.3 Å². The Morgan fingerprint density at radius 3 is 2.94 bits per heavy atom. The van der Waals surface area contributed by atoms with Crippen molar-refractivity contribution in [2.24, 2.45) is 0 Å². The Morgan fingerprint density at radius 1 is 1.39 bits per heavy atom. The minimum atomic E-state index is 0.0707. The molecule has 3 nitrogen and oxygen atoms in total. The minimum absolute atomic E-state index is 0.0707. The molecule has 3 heteroatoms. The fourth-order valence-electron chi connectivity index (χ4n) is 2.94. The van der Waals surface area contributed by atoms with E-state index in [1.54, 1.807) is 0 Å². The first-order chi connectivity index (χ1) is 8.76. The van der Waals surface area contributed by atoms with E-state index in [9.17, 15) is 0 Å². The molecule has 2 heterocycles. The van der Waals surface area contributed by atoms with Gasteiger partial charge in [0.25, 0.3) is 0 Å². The van der Waals surface area contributed by atoms with Crippen molar-refractivity contribution in [2.75, 3.05) is 26.2 Å². The topological polar surface area (TPSA) is 24.5 Å². The van der Waals surface area contributed by atoms with Crippen LogP contribution >= 0.6 is 0 Å². The minimum Gasteiger partial charge on any atom is -0.371 e. The molecule has 2 saturated heterocycles. The smallest absolute Gasteiger partial charge is 0.0945 e. The molecule has 1 aromatic carbocycles. The van der Waals surface area contributed by atoms with Crippen molar-refractivity contribution in [1.82, 2.24) is 10.2 Å². The number of likely N-dealkylation sites (tertiary alicyclic amines) is 1. The predicted octanol–water partition coefficient (Wildman–Crippen LogP) is 1.64. The van der Waals surface area contributed by atoms with Crippen LogP contribution in [0.3, 0.4) is 0 Å². The normalized spacial score (nSPS) is 33.1. The van der Waals surface area contributed by atoms with Crippen LogP contribution in [-0.2, 0) is 11.3 Å². The van der Waals surface area contributed by atoms with E-state index in [-0.39, 0.29) is 5.60 Å². The second-order valence-corrected chi connectivity index (χ2v) is 5.72. The lowest BCUT2D eigenvalue weighted by atomic mass is 10.0. The van der Waals surface area contributed by atoms with Crippen molar-refractivity contribution in [3.8, 4) is 0 Å². The van der Waals surface area contributed by atoms with Crippen molar-refractivity contribution in [1.29, 1.82) is 0 Å². The lowest BCUT2D eigenvalue weighted by Crippen LogP contribution is -2.54. The largest absolute Gasteiger partial charge is 0.371 e. The Bertz CT molecular complexity index is 385. The Hall–Kier alpha value is -0.900. The first-order valence-corrected chi connectivity index (χ1v) is 6.89. The number of ether oxygens (including phenoxy) is 1. The fraction of sp³-hybridized carbons (Fsp3) is 0.600. The Labute approximate surface area is 109 Å². The number of benzene rings is 1. The molecule has 2 atom stereocenters. The number of morpholine rings is 1. The van der Waals surface area contributed by atoms with Crippen LogP contribution in [0.4, 0.5) is 0 Å². The van der Waals surface area contributed by atoms with Gasteiger partial charge in [0.15, 0.2) is 0 Å². The SMILES string of the molecule is CC1COC2(CCN(Cc3ccccc3)C2)CN1. The number of hydrogen-bond donors (Lipinski definition) is 1. The average molecular weight is 246 g/mol. The number of nitrogens with zero attached hydrogens (tertiary/aromatic N) is 1. The van der Waals surface area contributed by atoms with Gasteiger partial charge in [-0.3, -0.25) is 4.90 Å². The molecule has 2 unspecified atom stereocenters. The molecule has 0 aliphatic carbocycles. The number of nitrogens with one attached hydrogen (secondary N) is 1. The van der Waals surface area contributed by atoms with Crippen LogP contribution in [0.25, 0.3) is 0 Å². The van der Waals surface area contributed by atoms with Crippen LogP contribution in [0.1, 0.15) is 18.9 Å². The van der Waals surface area contributed by atoms with E-state index in [2.05, 4.69) is 47.5 Å². The van der Waals surface area contributed by atoms with E-state index < -0.39 is 0 Å². The molecule has 18 heavy (non-hydrogen) atoms. The molecule has 3 rings (SSSR count). The zero-order valence-corrected chi connectivity index (χ0v) is 11.1. The third kappa shape index (κ3) is 2.58. The third-order valence-corrected chi connectivity index (χ3v) is 4.06. The maximum absolute atomic E-state index is 6.10. The van der Waals surface area contributed by atoms with E-state index in [1.165, 1.54) is 5.56 Å². The van der Waals surface area contributed by atoms with E-state index >= 15 is 0 Å². The molecule has 2 aliphatic heterocycles. The van der Waals surface area contributed by atoms with Gasteiger partial charge in [-0.25, -0.2) is 0 Å². The van der Waals surface area contributed by atoms with Crippen LogP contribution < -0.4 is 5.32 Å². The predicted molar refractivity (Wildman–Crippen MR) is 72.5 cm³/mol. The van der Waals surface area contributed by atoms with Crippen molar-refractivity contribution >= 4 is 0 Å². The molecule has 0 aromatic heterocycles. The summed E-state index contributed by atoms with van der Waals surface area (Å²) in [5.41, 5.74) is 1.47. The third-order valence-electron chi connectivity index (χ3n) is 4.06. The molecule has 0 bridgehead atoms. The summed E-state index contributed by atoms with van der Waals surface area (Å²) in [4.78, 5) is 2.51. The Morgan fingerprint density at radius 2 is 2.22 bits per heavy atom. The first kappa shape index (κ1) is 12.2. The monoisotopic (exact) mass is 246 g/mol. The highest BCUT2D eigenvalue weighted by molar-refractivity contribution is 5.15. The second-order valence-electron chi connectivity index (χ2n) is 5.72. The average Bonchev–Trinajstić information content (AvgIpc) is 2.78. The van der Waals surface area contributed by atoms with Crippen molar-refractivity contribution in [3.05, 3.63) is 35.9 Å². The van der Waals surface area contributed by atoms with Gasteiger partial charge in [0, 0.05) is 32.2 Å². The van der Waals surface area contributed by atoms with Gasteiger partial charge in [-0.2, -0.15) is 0 Å². The Balaban J connectivity index is 1.58. The van der Waals surface area contributed by atoms with Crippen LogP contribution in [0.5, 0.6) is 0 Å². The molecule has 2 fully saturated rings. The van der Waals surface area contributed by atoms with Crippen LogP contribution in [0, 0.1) is 0 Å². The van der Waals surface area contributed by atoms with E-state index in [0.717, 1.165) is 39.2 Å². The van der Waals surface area contributed by atoms with Gasteiger partial charge >= 0.3 is 0 Å². The molecule has 1 aromatic rings. The molecule has 0 saturated carbocycles. The summed E-state index contributed by atoms with van der Waals surface area (Å²) >= 11 is 0. The van der Waals surface area contributed by atoms with Gasteiger partial charge in [0.1, 0.15) is 0 Å². The van der Waals surface area contributed by atoms with Gasteiger partial charge in [-0.05, 0) is 18.9 Å². The molecule has 0 amide bonds. The fourth-order valence-corrected chi connectivity index (χ4v) is 2.94. The lowest BCUT2D eigenvalue weighted by Gasteiger charge is -2.37. The van der Waals surface area contributed by atoms with E-state index in [4.69, 9.17) is 4.74 Å². The molecular formula is C15H22N2O. The molecule has 98 valence electrons. The van der Waals surface area contributed by atoms with Gasteiger partial charge < -0.3 is 10.1 Å². The van der Waals surface area contributed by atoms with E-state index in [0.29, 0.717) is 6.04 Å². The summed E-state index contributed by atoms with van der Waals surface area (Å²) < 4.78 is 6.10. The molecule has 1 N–H and O–H groups in total. The molecule has 2 aliphatic rings. The highest BCUT2D eigenvalue weighted by Gasteiger charge is 2.41.